The Hall–Kier alpha value is -0.590. The quantitative estimate of drug-likeness (QED) is 0.607. The van der Waals surface area contributed by atoms with Crippen molar-refractivity contribution in [2.24, 2.45) is 17.1 Å². The van der Waals surface area contributed by atoms with Crippen LogP contribution < -0.4 is 5.73 Å². The Bertz CT molecular complexity index is 196. The van der Waals surface area contributed by atoms with Crippen LogP contribution in [-0.4, -0.2) is 31.1 Å². The molecule has 1 aliphatic heterocycles. The first-order chi connectivity index (χ1) is 5.62. The van der Waals surface area contributed by atoms with E-state index in [1.165, 1.54) is 0 Å². The molecule has 0 aromatic carbocycles. The minimum absolute atomic E-state index is 0.219. The molecule has 1 heterocycles. The lowest BCUT2D eigenvalue weighted by molar-refractivity contribution is 0.270. The zero-order chi connectivity index (χ0) is 9.19. The molecule has 0 saturated carbocycles. The molecule has 3 nitrogen and oxygen atoms in total. The van der Waals surface area contributed by atoms with E-state index in [2.05, 4.69) is 24.8 Å². The lowest BCUT2D eigenvalue weighted by Gasteiger charge is -2.25. The van der Waals surface area contributed by atoms with Crippen molar-refractivity contribution in [2.75, 3.05) is 26.2 Å². The summed E-state index contributed by atoms with van der Waals surface area (Å²) in [5, 5.41) is 8.53. The Morgan fingerprint density at radius 1 is 1.75 bits per heavy atom. The van der Waals surface area contributed by atoms with Gasteiger partial charge in [-0.2, -0.15) is 5.26 Å². The minimum atomic E-state index is 0.219. The highest BCUT2D eigenvalue weighted by Gasteiger charge is 2.38. The van der Waals surface area contributed by atoms with Crippen molar-refractivity contribution in [3.05, 3.63) is 0 Å². The minimum Gasteiger partial charge on any atom is -0.330 e. The van der Waals surface area contributed by atoms with Gasteiger partial charge in [-0.3, -0.25) is 4.90 Å². The van der Waals surface area contributed by atoms with Crippen LogP contribution >= 0.6 is 0 Å². The molecule has 1 saturated heterocycles. The number of nitrogens with two attached hydrogens (primary N) is 1. The molecule has 2 N–H and O–H groups in total. The van der Waals surface area contributed by atoms with Crippen molar-refractivity contribution in [1.29, 1.82) is 5.26 Å². The van der Waals surface area contributed by atoms with E-state index in [0.717, 1.165) is 19.6 Å². The predicted molar refractivity (Wildman–Crippen MR) is 48.4 cm³/mol. The second-order valence-corrected chi connectivity index (χ2v) is 4.09. The van der Waals surface area contributed by atoms with Gasteiger partial charge in [-0.05, 0) is 17.9 Å². The maximum absolute atomic E-state index is 8.53. The van der Waals surface area contributed by atoms with Crippen molar-refractivity contribution in [2.45, 2.75) is 13.8 Å². The molecule has 1 rings (SSSR count). The summed E-state index contributed by atoms with van der Waals surface area (Å²) in [4.78, 5) is 2.18. The molecule has 0 radical (unpaired) electrons. The maximum Gasteiger partial charge on any atom is 0.0866 e. The molecule has 0 bridgehead atoms. The van der Waals surface area contributed by atoms with Crippen molar-refractivity contribution in [3.63, 3.8) is 0 Å². The fourth-order valence-electron chi connectivity index (χ4n) is 1.83. The van der Waals surface area contributed by atoms with Gasteiger partial charge in [0, 0.05) is 13.1 Å². The van der Waals surface area contributed by atoms with Gasteiger partial charge in [-0.1, -0.05) is 13.8 Å². The van der Waals surface area contributed by atoms with Gasteiger partial charge in [0.15, 0.2) is 0 Å². The van der Waals surface area contributed by atoms with Crippen LogP contribution in [0.3, 0.4) is 0 Å². The number of rotatable bonds is 2. The van der Waals surface area contributed by atoms with Gasteiger partial charge in [-0.15, -0.1) is 0 Å². The van der Waals surface area contributed by atoms with E-state index in [-0.39, 0.29) is 5.41 Å². The first kappa shape index (κ1) is 9.50. The number of nitriles is 1. The third-order valence-corrected chi connectivity index (χ3v) is 3.07. The first-order valence-corrected chi connectivity index (χ1v) is 4.42. The fourth-order valence-corrected chi connectivity index (χ4v) is 1.83. The number of nitrogens with zero attached hydrogens (tertiary/aromatic N) is 2. The van der Waals surface area contributed by atoms with E-state index in [9.17, 15) is 0 Å². The average Bonchev–Trinajstić information content (AvgIpc) is 2.30. The van der Waals surface area contributed by atoms with Crippen LogP contribution in [0.25, 0.3) is 0 Å². The Labute approximate surface area is 74.1 Å². The van der Waals surface area contributed by atoms with Crippen LogP contribution in [0.5, 0.6) is 0 Å². The van der Waals surface area contributed by atoms with E-state index >= 15 is 0 Å². The zero-order valence-electron chi connectivity index (χ0n) is 7.88. The topological polar surface area (TPSA) is 53.0 Å². The summed E-state index contributed by atoms with van der Waals surface area (Å²) >= 11 is 0. The van der Waals surface area contributed by atoms with Crippen LogP contribution in [0.15, 0.2) is 0 Å². The molecule has 3 heteroatoms. The van der Waals surface area contributed by atoms with Crippen molar-refractivity contribution in [3.8, 4) is 6.07 Å². The Morgan fingerprint density at radius 3 is 2.83 bits per heavy atom. The van der Waals surface area contributed by atoms with E-state index in [4.69, 9.17) is 11.0 Å². The normalized spacial score (nSPS) is 36.7. The van der Waals surface area contributed by atoms with Crippen LogP contribution in [0.2, 0.25) is 0 Å². The van der Waals surface area contributed by atoms with Gasteiger partial charge in [-0.25, -0.2) is 0 Å². The SMILES string of the molecule is CC1CN(CC#N)CC1(C)CN. The summed E-state index contributed by atoms with van der Waals surface area (Å²) in [5.74, 6) is 0.607. The molecule has 0 aromatic rings. The van der Waals surface area contributed by atoms with Crippen LogP contribution in [-0.2, 0) is 0 Å². The summed E-state index contributed by atoms with van der Waals surface area (Å²) in [5.41, 5.74) is 5.93. The number of hydrogen-bond acceptors (Lipinski definition) is 3. The molecule has 1 aliphatic rings. The summed E-state index contributed by atoms with van der Waals surface area (Å²) in [6.45, 7) is 7.66. The van der Waals surface area contributed by atoms with Crippen LogP contribution in [0, 0.1) is 22.7 Å². The standard InChI is InChI=1S/C9H17N3/c1-8-5-12(4-3-10)7-9(8,2)6-11/h8H,4-7,11H2,1-2H3. The smallest absolute Gasteiger partial charge is 0.0866 e. The second kappa shape index (κ2) is 3.42. The van der Waals surface area contributed by atoms with Crippen LogP contribution in [0.1, 0.15) is 13.8 Å². The molecule has 1 fully saturated rings. The van der Waals surface area contributed by atoms with Gasteiger partial charge < -0.3 is 5.73 Å². The van der Waals surface area contributed by atoms with E-state index < -0.39 is 0 Å². The number of likely N-dealkylation sites (tertiary alicyclic amines) is 1. The Kier molecular flexibility index (Phi) is 2.71. The first-order valence-electron chi connectivity index (χ1n) is 4.42. The zero-order valence-corrected chi connectivity index (χ0v) is 7.88. The highest BCUT2D eigenvalue weighted by Crippen LogP contribution is 2.33. The van der Waals surface area contributed by atoms with Crippen molar-refractivity contribution < 1.29 is 0 Å². The van der Waals surface area contributed by atoms with Gasteiger partial charge in [0.2, 0.25) is 0 Å². The molecular formula is C9H17N3. The molecule has 0 spiro atoms. The predicted octanol–water partition coefficient (Wildman–Crippen LogP) is 0.427. The average molecular weight is 167 g/mol. The molecule has 2 unspecified atom stereocenters. The maximum atomic E-state index is 8.53. The van der Waals surface area contributed by atoms with Crippen LogP contribution in [0.4, 0.5) is 0 Å². The Morgan fingerprint density at radius 2 is 2.42 bits per heavy atom. The molecule has 68 valence electrons. The molecule has 2 atom stereocenters. The highest BCUT2D eigenvalue weighted by atomic mass is 15.2. The molecule has 0 aliphatic carbocycles. The monoisotopic (exact) mass is 167 g/mol. The summed E-state index contributed by atoms with van der Waals surface area (Å²) in [6.07, 6.45) is 0. The molecule has 0 amide bonds. The summed E-state index contributed by atoms with van der Waals surface area (Å²) in [7, 11) is 0. The van der Waals surface area contributed by atoms with Crippen molar-refractivity contribution in [1.82, 2.24) is 4.90 Å². The second-order valence-electron chi connectivity index (χ2n) is 4.09. The molecular weight excluding hydrogens is 150 g/mol. The fraction of sp³-hybridized carbons (Fsp3) is 0.889. The van der Waals surface area contributed by atoms with Crippen molar-refractivity contribution >= 4 is 0 Å². The third kappa shape index (κ3) is 1.60. The van der Waals surface area contributed by atoms with Gasteiger partial charge in [0.05, 0.1) is 12.6 Å². The van der Waals surface area contributed by atoms with E-state index in [1.807, 2.05) is 0 Å². The molecule has 0 aromatic heterocycles. The lowest BCUT2D eigenvalue weighted by Crippen LogP contribution is -2.34. The highest BCUT2D eigenvalue weighted by molar-refractivity contribution is 4.94. The summed E-state index contributed by atoms with van der Waals surface area (Å²) < 4.78 is 0. The van der Waals surface area contributed by atoms with Gasteiger partial charge in [0.1, 0.15) is 0 Å². The lowest BCUT2D eigenvalue weighted by atomic mass is 9.81. The molecule has 12 heavy (non-hydrogen) atoms. The largest absolute Gasteiger partial charge is 0.330 e. The van der Waals surface area contributed by atoms with Gasteiger partial charge >= 0.3 is 0 Å². The summed E-state index contributed by atoms with van der Waals surface area (Å²) in [6, 6.07) is 2.18. The Balaban J connectivity index is 2.57. The van der Waals surface area contributed by atoms with Gasteiger partial charge in [0.25, 0.3) is 0 Å². The van der Waals surface area contributed by atoms with E-state index in [1.54, 1.807) is 0 Å². The third-order valence-electron chi connectivity index (χ3n) is 3.07. The van der Waals surface area contributed by atoms with E-state index in [0.29, 0.717) is 12.5 Å². The number of hydrogen-bond donors (Lipinski definition) is 1.